The van der Waals surface area contributed by atoms with Gasteiger partial charge in [-0.1, -0.05) is 12.1 Å². The maximum Gasteiger partial charge on any atom is 0.276 e. The van der Waals surface area contributed by atoms with Gasteiger partial charge in [0.05, 0.1) is 22.3 Å². The lowest BCUT2D eigenvalue weighted by molar-refractivity contribution is -0.385. The molecule has 22 heavy (non-hydrogen) atoms. The molecule has 7 heteroatoms. The van der Waals surface area contributed by atoms with E-state index in [1.165, 1.54) is 30.7 Å². The first kappa shape index (κ1) is 15.2. The number of carbonyl (C=O) groups is 1. The standard InChI is InChI=1S/C15H13N3O4/c1-11-13(8-10-22-11)15(19)17-16-9-4-6-12-5-2-3-7-14(12)18(20)21/h2-10H,1H3,(H,17,19)/b6-4+,16-9?. The van der Waals surface area contributed by atoms with Crippen LogP contribution in [0, 0.1) is 17.0 Å². The van der Waals surface area contributed by atoms with E-state index in [-0.39, 0.29) is 11.6 Å². The molecule has 1 heterocycles. The van der Waals surface area contributed by atoms with Crippen molar-refractivity contribution in [3.8, 4) is 0 Å². The molecule has 2 rings (SSSR count). The van der Waals surface area contributed by atoms with Crippen LogP contribution in [0.25, 0.3) is 6.08 Å². The highest BCUT2D eigenvalue weighted by molar-refractivity contribution is 5.95. The van der Waals surface area contributed by atoms with Gasteiger partial charge in [-0.25, -0.2) is 5.43 Å². The average molecular weight is 299 g/mol. The number of nitro groups is 1. The third kappa shape index (κ3) is 3.66. The number of hydrogen-bond acceptors (Lipinski definition) is 5. The van der Waals surface area contributed by atoms with Gasteiger partial charge in [0, 0.05) is 12.3 Å². The van der Waals surface area contributed by atoms with Crippen LogP contribution in [-0.4, -0.2) is 17.0 Å². The zero-order valence-corrected chi connectivity index (χ0v) is 11.7. The number of aryl methyl sites for hydroxylation is 1. The first-order valence-electron chi connectivity index (χ1n) is 6.37. The van der Waals surface area contributed by atoms with E-state index in [1.807, 2.05) is 0 Å². The normalized spacial score (nSPS) is 11.1. The van der Waals surface area contributed by atoms with Crippen LogP contribution in [-0.2, 0) is 0 Å². The van der Waals surface area contributed by atoms with Gasteiger partial charge in [0.15, 0.2) is 0 Å². The predicted octanol–water partition coefficient (Wildman–Crippen LogP) is 2.93. The molecule has 1 aromatic carbocycles. The second-order valence-electron chi connectivity index (χ2n) is 4.28. The highest BCUT2D eigenvalue weighted by atomic mass is 16.6. The van der Waals surface area contributed by atoms with Gasteiger partial charge in [0.25, 0.3) is 11.6 Å². The van der Waals surface area contributed by atoms with Crippen LogP contribution in [0.4, 0.5) is 5.69 Å². The summed E-state index contributed by atoms with van der Waals surface area (Å²) in [6.07, 6.45) is 5.80. The number of rotatable bonds is 5. The summed E-state index contributed by atoms with van der Waals surface area (Å²) in [5.74, 6) is 0.116. The lowest BCUT2D eigenvalue weighted by atomic mass is 10.2. The molecule has 0 unspecified atom stereocenters. The minimum atomic E-state index is -0.458. The Balaban J connectivity index is 1.97. The number of carbonyl (C=O) groups excluding carboxylic acids is 1. The lowest BCUT2D eigenvalue weighted by Gasteiger charge is -1.96. The second kappa shape index (κ2) is 6.98. The number of hydrazone groups is 1. The van der Waals surface area contributed by atoms with Crippen molar-refractivity contribution >= 4 is 23.9 Å². The molecule has 1 N–H and O–H groups in total. The summed E-state index contributed by atoms with van der Waals surface area (Å²) >= 11 is 0. The molecule has 112 valence electrons. The van der Waals surface area contributed by atoms with Crippen molar-refractivity contribution in [2.24, 2.45) is 5.10 Å². The van der Waals surface area contributed by atoms with Crippen LogP contribution in [0.5, 0.6) is 0 Å². The molecule has 0 radical (unpaired) electrons. The van der Waals surface area contributed by atoms with Crippen molar-refractivity contribution in [3.05, 3.63) is 69.7 Å². The Bertz CT molecular complexity index is 747. The summed E-state index contributed by atoms with van der Waals surface area (Å²) in [5.41, 5.74) is 3.20. The number of para-hydroxylation sites is 1. The molecule has 0 saturated heterocycles. The molecule has 1 aromatic heterocycles. The number of amides is 1. The number of allylic oxidation sites excluding steroid dienone is 1. The molecule has 0 aliphatic heterocycles. The molecular formula is C15H13N3O4. The van der Waals surface area contributed by atoms with Crippen LogP contribution in [0.15, 0.2) is 52.2 Å². The number of nitro benzene ring substituents is 1. The van der Waals surface area contributed by atoms with Crippen LogP contribution in [0.2, 0.25) is 0 Å². The van der Waals surface area contributed by atoms with E-state index in [0.717, 1.165) is 0 Å². The predicted molar refractivity (Wildman–Crippen MR) is 81.5 cm³/mol. The zero-order valence-electron chi connectivity index (χ0n) is 11.7. The largest absolute Gasteiger partial charge is 0.469 e. The fourth-order valence-electron chi connectivity index (χ4n) is 1.76. The molecule has 0 atom stereocenters. The minimum absolute atomic E-state index is 0.00482. The quantitative estimate of drug-likeness (QED) is 0.521. The van der Waals surface area contributed by atoms with Crippen molar-refractivity contribution in [1.82, 2.24) is 5.43 Å². The summed E-state index contributed by atoms with van der Waals surface area (Å²) in [6.45, 7) is 1.67. The third-order valence-corrected chi connectivity index (χ3v) is 2.84. The van der Waals surface area contributed by atoms with Crippen LogP contribution in [0.3, 0.4) is 0 Å². The van der Waals surface area contributed by atoms with Gasteiger partial charge >= 0.3 is 0 Å². The third-order valence-electron chi connectivity index (χ3n) is 2.84. The van der Waals surface area contributed by atoms with Gasteiger partial charge in [-0.15, -0.1) is 0 Å². The summed E-state index contributed by atoms with van der Waals surface area (Å²) in [6, 6.07) is 7.88. The molecule has 2 aromatic rings. The van der Waals surface area contributed by atoms with Crippen molar-refractivity contribution in [2.75, 3.05) is 0 Å². The molecule has 0 aliphatic carbocycles. The second-order valence-corrected chi connectivity index (χ2v) is 4.28. The fourth-order valence-corrected chi connectivity index (χ4v) is 1.76. The Morgan fingerprint density at radius 1 is 1.36 bits per heavy atom. The van der Waals surface area contributed by atoms with Crippen LogP contribution in [0.1, 0.15) is 21.7 Å². The van der Waals surface area contributed by atoms with Crippen molar-refractivity contribution in [1.29, 1.82) is 0 Å². The molecule has 0 spiro atoms. The molecule has 7 nitrogen and oxygen atoms in total. The van der Waals surface area contributed by atoms with Gasteiger partial charge in [-0.2, -0.15) is 5.10 Å². The highest BCUT2D eigenvalue weighted by Crippen LogP contribution is 2.18. The maximum atomic E-state index is 11.7. The van der Waals surface area contributed by atoms with E-state index in [9.17, 15) is 14.9 Å². The van der Waals surface area contributed by atoms with Gasteiger partial charge in [0.2, 0.25) is 0 Å². The van der Waals surface area contributed by atoms with Gasteiger partial charge < -0.3 is 4.42 Å². The van der Waals surface area contributed by atoms with E-state index in [0.29, 0.717) is 16.9 Å². The van der Waals surface area contributed by atoms with E-state index in [4.69, 9.17) is 4.42 Å². The topological polar surface area (TPSA) is 97.7 Å². The van der Waals surface area contributed by atoms with Gasteiger partial charge in [0.1, 0.15) is 5.76 Å². The molecule has 0 saturated carbocycles. The smallest absolute Gasteiger partial charge is 0.276 e. The van der Waals surface area contributed by atoms with Crippen LogP contribution >= 0.6 is 0 Å². The molecule has 0 bridgehead atoms. The lowest BCUT2D eigenvalue weighted by Crippen LogP contribution is -2.17. The van der Waals surface area contributed by atoms with Crippen LogP contribution < -0.4 is 5.43 Å². The SMILES string of the molecule is Cc1occc1C(=O)NN=C/C=C/c1ccccc1[N+](=O)[O-]. The Labute approximate surface area is 126 Å². The average Bonchev–Trinajstić information content (AvgIpc) is 2.93. The highest BCUT2D eigenvalue weighted by Gasteiger charge is 2.10. The Morgan fingerprint density at radius 3 is 2.82 bits per heavy atom. The monoisotopic (exact) mass is 299 g/mol. The summed E-state index contributed by atoms with van der Waals surface area (Å²) in [7, 11) is 0. The van der Waals surface area contributed by atoms with Crippen molar-refractivity contribution in [3.63, 3.8) is 0 Å². The molecule has 0 aliphatic rings. The number of hydrogen-bond donors (Lipinski definition) is 1. The summed E-state index contributed by atoms with van der Waals surface area (Å²) in [5, 5.41) is 14.6. The van der Waals surface area contributed by atoms with Gasteiger partial charge in [-0.05, 0) is 31.2 Å². The Hall–Kier alpha value is -3.22. The number of furan rings is 1. The Kier molecular flexibility index (Phi) is 4.81. The Morgan fingerprint density at radius 2 is 2.14 bits per heavy atom. The molecule has 1 amide bonds. The fraction of sp³-hybridized carbons (Fsp3) is 0.0667. The van der Waals surface area contributed by atoms with E-state index < -0.39 is 4.92 Å². The summed E-state index contributed by atoms with van der Waals surface area (Å²) in [4.78, 5) is 22.1. The summed E-state index contributed by atoms with van der Waals surface area (Å²) < 4.78 is 5.02. The van der Waals surface area contributed by atoms with Gasteiger partial charge in [-0.3, -0.25) is 14.9 Å². The first-order valence-corrected chi connectivity index (χ1v) is 6.37. The van der Waals surface area contributed by atoms with E-state index in [1.54, 1.807) is 31.2 Å². The van der Waals surface area contributed by atoms with E-state index >= 15 is 0 Å². The minimum Gasteiger partial charge on any atom is -0.469 e. The van der Waals surface area contributed by atoms with Crippen molar-refractivity contribution in [2.45, 2.75) is 6.92 Å². The van der Waals surface area contributed by atoms with E-state index in [2.05, 4.69) is 10.5 Å². The van der Waals surface area contributed by atoms with Crippen molar-refractivity contribution < 1.29 is 14.1 Å². The molecule has 0 fully saturated rings. The number of nitrogens with one attached hydrogen (secondary N) is 1. The number of nitrogens with zero attached hydrogens (tertiary/aromatic N) is 2. The molecular weight excluding hydrogens is 286 g/mol. The first-order chi connectivity index (χ1) is 10.6. The zero-order chi connectivity index (χ0) is 15.9. The number of benzene rings is 1. The maximum absolute atomic E-state index is 11.7.